The first kappa shape index (κ1) is 9.85. The van der Waals surface area contributed by atoms with E-state index in [1.54, 1.807) is 12.1 Å². The monoisotopic (exact) mass is 174 g/mol. The molecule has 7 heteroatoms. The highest BCUT2D eigenvalue weighted by Crippen LogP contribution is 1.90. The van der Waals surface area contributed by atoms with Crippen molar-refractivity contribution in [1.82, 2.24) is 4.31 Å². The lowest BCUT2D eigenvalue weighted by atomic mass is 10.6. The molecule has 0 bridgehead atoms. The third-order valence-electron chi connectivity index (χ3n) is 0.854. The van der Waals surface area contributed by atoms with Crippen LogP contribution >= 0.6 is 0 Å². The minimum atomic E-state index is -3.90. The molecule has 6 nitrogen and oxygen atoms in total. The Morgan fingerprint density at radius 1 is 1.27 bits per heavy atom. The molecule has 0 aromatic heterocycles. The molecule has 0 radical (unpaired) electrons. The highest BCUT2D eigenvalue weighted by Gasteiger charge is 2.15. The fourth-order valence-corrected chi connectivity index (χ4v) is 0.869. The van der Waals surface area contributed by atoms with E-state index < -0.39 is 23.3 Å². The highest BCUT2D eigenvalue weighted by atomic mass is 32.2. The SMILES string of the molecule is N#CCN(CC#N)S(N)(=O)=O. The average molecular weight is 174 g/mol. The van der Waals surface area contributed by atoms with Crippen LogP contribution in [0.4, 0.5) is 0 Å². The predicted octanol–water partition coefficient (Wildman–Crippen LogP) is -1.46. The molecule has 0 aliphatic rings. The number of nitriles is 2. The zero-order valence-corrected chi connectivity index (χ0v) is 6.37. The van der Waals surface area contributed by atoms with E-state index in [1.165, 1.54) is 0 Å². The predicted molar refractivity (Wildman–Crippen MR) is 35.9 cm³/mol. The first-order chi connectivity index (χ1) is 5.02. The molecule has 0 rings (SSSR count). The van der Waals surface area contributed by atoms with Gasteiger partial charge >= 0.3 is 0 Å². The van der Waals surface area contributed by atoms with Gasteiger partial charge in [-0.25, -0.2) is 5.14 Å². The van der Waals surface area contributed by atoms with Gasteiger partial charge in [-0.15, -0.1) is 0 Å². The molecule has 60 valence electrons. The van der Waals surface area contributed by atoms with E-state index in [9.17, 15) is 8.42 Å². The normalized spacial score (nSPS) is 10.5. The molecule has 0 atom stereocenters. The molecule has 0 saturated heterocycles. The molecule has 0 aromatic rings. The van der Waals surface area contributed by atoms with Gasteiger partial charge in [-0.3, -0.25) is 0 Å². The van der Waals surface area contributed by atoms with Crippen LogP contribution in [-0.2, 0) is 10.2 Å². The first-order valence-corrected chi connectivity index (χ1v) is 4.04. The van der Waals surface area contributed by atoms with Crippen LogP contribution in [0.25, 0.3) is 0 Å². The largest absolute Gasteiger partial charge is 0.278 e. The maximum Gasteiger partial charge on any atom is 0.278 e. The van der Waals surface area contributed by atoms with Crippen LogP contribution in [0.15, 0.2) is 0 Å². The summed E-state index contributed by atoms with van der Waals surface area (Å²) in [4.78, 5) is 0. The minimum absolute atomic E-state index is 0.396. The molecule has 0 aliphatic heterocycles. The van der Waals surface area contributed by atoms with Gasteiger partial charge in [0.2, 0.25) is 0 Å². The molecule has 0 fully saturated rings. The lowest BCUT2D eigenvalue weighted by Crippen LogP contribution is -2.37. The number of rotatable bonds is 3. The van der Waals surface area contributed by atoms with E-state index in [0.717, 1.165) is 0 Å². The number of nitrogens with two attached hydrogens (primary N) is 1. The first-order valence-electron chi connectivity index (χ1n) is 2.54. The van der Waals surface area contributed by atoms with Gasteiger partial charge in [-0.2, -0.15) is 23.2 Å². The van der Waals surface area contributed by atoms with Gasteiger partial charge in [-0.1, -0.05) is 0 Å². The van der Waals surface area contributed by atoms with Crippen molar-refractivity contribution in [3.63, 3.8) is 0 Å². The zero-order chi connectivity index (χ0) is 8.91. The molecular formula is C4H6N4O2S. The van der Waals surface area contributed by atoms with Crippen molar-refractivity contribution in [2.24, 2.45) is 5.14 Å². The second-order valence-electron chi connectivity index (χ2n) is 1.63. The summed E-state index contributed by atoms with van der Waals surface area (Å²) in [6.45, 7) is -0.793. The van der Waals surface area contributed by atoms with Gasteiger partial charge in [0.25, 0.3) is 10.2 Å². The van der Waals surface area contributed by atoms with Crippen LogP contribution in [0.3, 0.4) is 0 Å². The Balaban J connectivity index is 4.41. The molecule has 2 N–H and O–H groups in total. The topological polar surface area (TPSA) is 111 Å². The second-order valence-corrected chi connectivity index (χ2v) is 3.18. The lowest BCUT2D eigenvalue weighted by molar-refractivity contribution is 0.481. The van der Waals surface area contributed by atoms with E-state index >= 15 is 0 Å². The Kier molecular flexibility index (Phi) is 3.48. The van der Waals surface area contributed by atoms with Crippen LogP contribution < -0.4 is 5.14 Å². The molecule has 0 aliphatic carbocycles. The zero-order valence-electron chi connectivity index (χ0n) is 5.56. The molecule has 0 aromatic carbocycles. The number of nitrogens with zero attached hydrogens (tertiary/aromatic N) is 3. The highest BCUT2D eigenvalue weighted by molar-refractivity contribution is 7.86. The minimum Gasteiger partial charge on any atom is -0.215 e. The third kappa shape index (κ3) is 3.53. The van der Waals surface area contributed by atoms with Crippen molar-refractivity contribution in [1.29, 1.82) is 10.5 Å². The Hall–Kier alpha value is -1.15. The van der Waals surface area contributed by atoms with Gasteiger partial charge < -0.3 is 0 Å². The van der Waals surface area contributed by atoms with Crippen LogP contribution in [0, 0.1) is 22.7 Å². The molecule has 11 heavy (non-hydrogen) atoms. The number of hydrogen-bond acceptors (Lipinski definition) is 4. The summed E-state index contributed by atoms with van der Waals surface area (Å²) in [6.07, 6.45) is 0. The van der Waals surface area contributed by atoms with Crippen molar-refractivity contribution in [2.75, 3.05) is 13.1 Å². The molecule has 0 unspecified atom stereocenters. The summed E-state index contributed by atoms with van der Waals surface area (Å²) in [5.74, 6) is 0. The smallest absolute Gasteiger partial charge is 0.215 e. The van der Waals surface area contributed by atoms with Gasteiger partial charge in [-0.05, 0) is 0 Å². The van der Waals surface area contributed by atoms with Crippen molar-refractivity contribution in [3.05, 3.63) is 0 Å². The maximum absolute atomic E-state index is 10.5. The van der Waals surface area contributed by atoms with E-state index in [1.807, 2.05) is 0 Å². The van der Waals surface area contributed by atoms with Gasteiger partial charge in [0, 0.05) is 0 Å². The number of hydrogen-bond donors (Lipinski definition) is 1. The maximum atomic E-state index is 10.5. The molecular weight excluding hydrogens is 168 g/mol. The van der Waals surface area contributed by atoms with E-state index in [4.69, 9.17) is 10.5 Å². The van der Waals surface area contributed by atoms with Gasteiger partial charge in [0.15, 0.2) is 0 Å². The van der Waals surface area contributed by atoms with Crippen LogP contribution in [0.1, 0.15) is 0 Å². The van der Waals surface area contributed by atoms with Gasteiger partial charge in [0.05, 0.1) is 12.1 Å². The second kappa shape index (κ2) is 3.88. The van der Waals surface area contributed by atoms with Gasteiger partial charge in [0.1, 0.15) is 13.1 Å². The summed E-state index contributed by atoms with van der Waals surface area (Å²) in [7, 11) is -3.90. The van der Waals surface area contributed by atoms with Crippen molar-refractivity contribution < 1.29 is 8.42 Å². The lowest BCUT2D eigenvalue weighted by Gasteiger charge is -2.10. The summed E-state index contributed by atoms with van der Waals surface area (Å²) < 4.78 is 21.6. The van der Waals surface area contributed by atoms with Crippen molar-refractivity contribution in [3.8, 4) is 12.1 Å². The van der Waals surface area contributed by atoms with Crippen LogP contribution in [0.5, 0.6) is 0 Å². The van der Waals surface area contributed by atoms with E-state index in [-0.39, 0.29) is 0 Å². The fraction of sp³-hybridized carbons (Fsp3) is 0.500. The molecule has 0 heterocycles. The fourth-order valence-electron chi connectivity index (χ4n) is 0.394. The Labute approximate surface area is 64.6 Å². The quantitative estimate of drug-likeness (QED) is 0.527. The van der Waals surface area contributed by atoms with E-state index in [2.05, 4.69) is 5.14 Å². The van der Waals surface area contributed by atoms with Crippen molar-refractivity contribution in [2.45, 2.75) is 0 Å². The molecule has 0 spiro atoms. The third-order valence-corrected chi connectivity index (χ3v) is 1.83. The summed E-state index contributed by atoms with van der Waals surface area (Å²) in [5, 5.41) is 20.9. The standard InChI is InChI=1S/C4H6N4O2S/c5-1-3-8(4-2-6)11(7,9)10/h3-4H2,(H2,7,9,10). The Morgan fingerprint density at radius 2 is 1.64 bits per heavy atom. The Bertz CT molecular complexity index is 279. The molecule has 0 saturated carbocycles. The molecule has 0 amide bonds. The summed E-state index contributed by atoms with van der Waals surface area (Å²) in [5.41, 5.74) is 0. The Morgan fingerprint density at radius 3 is 1.82 bits per heavy atom. The summed E-state index contributed by atoms with van der Waals surface area (Å²) in [6, 6.07) is 3.15. The van der Waals surface area contributed by atoms with E-state index in [0.29, 0.717) is 4.31 Å². The van der Waals surface area contributed by atoms with Crippen LogP contribution in [-0.4, -0.2) is 25.8 Å². The van der Waals surface area contributed by atoms with Crippen molar-refractivity contribution >= 4 is 10.2 Å². The van der Waals surface area contributed by atoms with Crippen LogP contribution in [0.2, 0.25) is 0 Å². The summed E-state index contributed by atoms with van der Waals surface area (Å²) >= 11 is 0. The average Bonchev–Trinajstić information content (AvgIpc) is 1.85.